The van der Waals surface area contributed by atoms with Gasteiger partial charge in [-0.1, -0.05) is 13.8 Å². The Bertz CT molecular complexity index is 537. The molecule has 3 N–H and O–H groups in total. The molecule has 0 fully saturated rings. The Balaban J connectivity index is 2.72. The molecule has 0 saturated carbocycles. The highest BCUT2D eigenvalue weighted by molar-refractivity contribution is 7.89. The molecule has 19 heavy (non-hydrogen) atoms. The third-order valence-corrected chi connectivity index (χ3v) is 3.85. The molecule has 0 aliphatic heterocycles. The van der Waals surface area contributed by atoms with Gasteiger partial charge in [0.15, 0.2) is 0 Å². The summed E-state index contributed by atoms with van der Waals surface area (Å²) in [7, 11) is -3.79. The van der Waals surface area contributed by atoms with Crippen LogP contribution in [0.1, 0.15) is 13.8 Å². The first kappa shape index (κ1) is 15.6. The van der Waals surface area contributed by atoms with Crippen molar-refractivity contribution in [2.45, 2.75) is 31.4 Å². The highest BCUT2D eigenvalue weighted by atomic mass is 32.2. The molecule has 1 unspecified atom stereocenters. The molecule has 0 amide bonds. The Morgan fingerprint density at radius 2 is 2.16 bits per heavy atom. The lowest BCUT2D eigenvalue weighted by Gasteiger charge is -2.14. The van der Waals surface area contributed by atoms with Gasteiger partial charge in [0.25, 0.3) is 0 Å². The first-order chi connectivity index (χ1) is 8.72. The predicted octanol–water partition coefficient (Wildman–Crippen LogP) is -0.737. The second-order valence-electron chi connectivity index (χ2n) is 4.43. The number of aliphatic carboxylic acids is 1. The second kappa shape index (κ2) is 6.13. The molecule has 1 rings (SSSR count). The molecule has 8 nitrogen and oxygen atoms in total. The molecule has 9 heteroatoms. The van der Waals surface area contributed by atoms with Crippen LogP contribution in [0, 0.1) is 5.92 Å². The topological polar surface area (TPSA) is 122 Å². The molecule has 0 radical (unpaired) electrons. The summed E-state index contributed by atoms with van der Waals surface area (Å²) in [4.78, 5) is 10.3. The standard InChI is InChI=1S/C10H17N3O5S/c1-7(2)9(14)4-12-19(17,18)8-3-11-13(5-8)6-10(15)16/h3,5,7,9,12,14H,4,6H2,1-2H3,(H,15,16). The summed E-state index contributed by atoms with van der Waals surface area (Å²) in [6.07, 6.45) is 1.40. The van der Waals surface area contributed by atoms with Gasteiger partial charge in [-0.25, -0.2) is 13.1 Å². The minimum Gasteiger partial charge on any atom is -0.480 e. The van der Waals surface area contributed by atoms with Crippen LogP contribution in [0.5, 0.6) is 0 Å². The number of carbonyl (C=O) groups is 1. The van der Waals surface area contributed by atoms with Crippen molar-refractivity contribution in [2.24, 2.45) is 5.92 Å². The summed E-state index contributed by atoms with van der Waals surface area (Å²) < 4.78 is 26.9. The van der Waals surface area contributed by atoms with Gasteiger partial charge in [0.05, 0.1) is 12.3 Å². The van der Waals surface area contributed by atoms with Crippen LogP contribution in [0.15, 0.2) is 17.3 Å². The van der Waals surface area contributed by atoms with Crippen LogP contribution in [-0.4, -0.2) is 47.0 Å². The molecule has 1 heterocycles. The molecular formula is C10H17N3O5S. The maximum absolute atomic E-state index is 11.8. The maximum atomic E-state index is 11.8. The molecule has 0 aromatic carbocycles. The smallest absolute Gasteiger partial charge is 0.325 e. The number of hydrogen-bond donors (Lipinski definition) is 3. The van der Waals surface area contributed by atoms with Crippen LogP contribution in [0.25, 0.3) is 0 Å². The van der Waals surface area contributed by atoms with E-state index in [1.54, 1.807) is 13.8 Å². The Morgan fingerprint density at radius 3 is 2.68 bits per heavy atom. The van der Waals surface area contributed by atoms with Crippen LogP contribution < -0.4 is 4.72 Å². The normalized spacial score (nSPS) is 13.7. The number of carboxylic acids is 1. The Hall–Kier alpha value is -1.45. The lowest BCUT2D eigenvalue weighted by atomic mass is 10.1. The fourth-order valence-corrected chi connectivity index (χ4v) is 2.23. The van der Waals surface area contributed by atoms with Crippen molar-refractivity contribution in [2.75, 3.05) is 6.54 Å². The van der Waals surface area contributed by atoms with Crippen molar-refractivity contribution >= 4 is 16.0 Å². The highest BCUT2D eigenvalue weighted by Gasteiger charge is 2.19. The van der Waals surface area contributed by atoms with E-state index in [-0.39, 0.29) is 17.4 Å². The zero-order valence-electron chi connectivity index (χ0n) is 10.6. The number of sulfonamides is 1. The average Bonchev–Trinajstić information content (AvgIpc) is 2.74. The maximum Gasteiger partial charge on any atom is 0.325 e. The molecule has 1 aromatic heterocycles. The number of aliphatic hydroxyl groups excluding tert-OH is 1. The third kappa shape index (κ3) is 4.62. The molecule has 108 valence electrons. The Kier molecular flexibility index (Phi) is 5.04. The Morgan fingerprint density at radius 1 is 1.53 bits per heavy atom. The first-order valence-corrected chi connectivity index (χ1v) is 7.12. The average molecular weight is 291 g/mol. The van der Waals surface area contributed by atoms with Crippen molar-refractivity contribution in [3.8, 4) is 0 Å². The summed E-state index contributed by atoms with van der Waals surface area (Å²) >= 11 is 0. The minimum atomic E-state index is -3.79. The Labute approximate surface area is 111 Å². The summed E-state index contributed by atoms with van der Waals surface area (Å²) in [5.74, 6) is -1.19. The summed E-state index contributed by atoms with van der Waals surface area (Å²) in [6, 6.07) is 0. The van der Waals surface area contributed by atoms with Gasteiger partial charge in [-0.3, -0.25) is 9.48 Å². The molecule has 0 bridgehead atoms. The molecule has 0 aliphatic carbocycles. The van der Waals surface area contributed by atoms with E-state index in [0.29, 0.717) is 0 Å². The second-order valence-corrected chi connectivity index (χ2v) is 6.20. The van der Waals surface area contributed by atoms with E-state index in [1.807, 2.05) is 0 Å². The number of rotatable bonds is 7. The van der Waals surface area contributed by atoms with Gasteiger partial charge in [0.2, 0.25) is 10.0 Å². The molecule has 1 aromatic rings. The number of aliphatic hydroxyl groups is 1. The van der Waals surface area contributed by atoms with Crippen molar-refractivity contribution in [1.82, 2.24) is 14.5 Å². The van der Waals surface area contributed by atoms with Crippen LogP contribution >= 0.6 is 0 Å². The van der Waals surface area contributed by atoms with E-state index in [0.717, 1.165) is 17.1 Å². The zero-order valence-corrected chi connectivity index (χ0v) is 11.5. The number of nitrogens with zero attached hydrogens (tertiary/aromatic N) is 2. The first-order valence-electron chi connectivity index (χ1n) is 5.64. The lowest BCUT2D eigenvalue weighted by Crippen LogP contribution is -2.34. The van der Waals surface area contributed by atoms with E-state index < -0.39 is 28.6 Å². The van der Waals surface area contributed by atoms with Crippen molar-refractivity contribution in [3.05, 3.63) is 12.4 Å². The molecule has 0 saturated heterocycles. The van der Waals surface area contributed by atoms with Gasteiger partial charge in [-0.05, 0) is 5.92 Å². The van der Waals surface area contributed by atoms with Gasteiger partial charge < -0.3 is 10.2 Å². The molecule has 0 spiro atoms. The van der Waals surface area contributed by atoms with Crippen LogP contribution in [0.3, 0.4) is 0 Å². The van der Waals surface area contributed by atoms with E-state index in [1.165, 1.54) is 0 Å². The molecular weight excluding hydrogens is 274 g/mol. The highest BCUT2D eigenvalue weighted by Crippen LogP contribution is 2.08. The van der Waals surface area contributed by atoms with E-state index in [2.05, 4.69) is 9.82 Å². The van der Waals surface area contributed by atoms with E-state index in [4.69, 9.17) is 5.11 Å². The summed E-state index contributed by atoms with van der Waals surface area (Å²) in [6.45, 7) is 3.02. The number of carboxylic acid groups (broad SMARTS) is 1. The minimum absolute atomic E-state index is 0.0718. The SMILES string of the molecule is CC(C)C(O)CNS(=O)(=O)c1cnn(CC(=O)O)c1. The van der Waals surface area contributed by atoms with Crippen LogP contribution in [-0.2, 0) is 21.4 Å². The van der Waals surface area contributed by atoms with Crippen molar-refractivity contribution in [1.29, 1.82) is 0 Å². The van der Waals surface area contributed by atoms with Gasteiger partial charge >= 0.3 is 5.97 Å². The van der Waals surface area contributed by atoms with E-state index >= 15 is 0 Å². The van der Waals surface area contributed by atoms with Gasteiger partial charge in [0, 0.05) is 12.7 Å². The predicted molar refractivity (Wildman–Crippen MR) is 65.9 cm³/mol. The fourth-order valence-electron chi connectivity index (χ4n) is 1.22. The quantitative estimate of drug-likeness (QED) is 0.608. The van der Waals surface area contributed by atoms with Crippen LogP contribution in [0.2, 0.25) is 0 Å². The number of hydrogen-bond acceptors (Lipinski definition) is 5. The van der Waals surface area contributed by atoms with Gasteiger partial charge in [0.1, 0.15) is 11.4 Å². The summed E-state index contributed by atoms with van der Waals surface area (Å²) in [5, 5.41) is 21.7. The zero-order chi connectivity index (χ0) is 14.6. The lowest BCUT2D eigenvalue weighted by molar-refractivity contribution is -0.137. The van der Waals surface area contributed by atoms with E-state index in [9.17, 15) is 18.3 Å². The van der Waals surface area contributed by atoms with Crippen molar-refractivity contribution < 1.29 is 23.4 Å². The molecule has 0 aliphatic rings. The van der Waals surface area contributed by atoms with Gasteiger partial charge in [-0.2, -0.15) is 5.10 Å². The van der Waals surface area contributed by atoms with Crippen LogP contribution in [0.4, 0.5) is 0 Å². The summed E-state index contributed by atoms with van der Waals surface area (Å²) in [5.41, 5.74) is 0. The van der Waals surface area contributed by atoms with Gasteiger partial charge in [-0.15, -0.1) is 0 Å². The number of aromatic nitrogens is 2. The third-order valence-electron chi connectivity index (χ3n) is 2.47. The fraction of sp³-hybridized carbons (Fsp3) is 0.600. The largest absolute Gasteiger partial charge is 0.480 e. The monoisotopic (exact) mass is 291 g/mol. The number of nitrogens with one attached hydrogen (secondary N) is 1. The molecule has 1 atom stereocenters. The van der Waals surface area contributed by atoms with Crippen molar-refractivity contribution in [3.63, 3.8) is 0 Å².